The molecular formula is C25H36N4S. The second-order valence-electron chi connectivity index (χ2n) is 8.68. The summed E-state index contributed by atoms with van der Waals surface area (Å²) in [5.74, 6) is 1.13. The molecule has 0 aliphatic heterocycles. The molecule has 0 amide bonds. The molecule has 0 unspecified atom stereocenters. The van der Waals surface area contributed by atoms with Crippen molar-refractivity contribution in [2.24, 2.45) is 0 Å². The van der Waals surface area contributed by atoms with E-state index >= 15 is 0 Å². The quantitative estimate of drug-likeness (QED) is 0.356. The van der Waals surface area contributed by atoms with E-state index in [9.17, 15) is 0 Å². The second-order valence-corrected chi connectivity index (χ2v) is 9.68. The molecule has 0 bridgehead atoms. The Balaban J connectivity index is 1.87. The van der Waals surface area contributed by atoms with Crippen molar-refractivity contribution < 1.29 is 0 Å². The van der Waals surface area contributed by atoms with E-state index in [0.29, 0.717) is 0 Å². The van der Waals surface area contributed by atoms with Gasteiger partial charge in [-0.1, -0.05) is 40.0 Å². The van der Waals surface area contributed by atoms with Crippen LogP contribution in [-0.2, 0) is 19.3 Å². The van der Waals surface area contributed by atoms with Crippen LogP contribution in [-0.4, -0.2) is 28.0 Å². The number of thiophene rings is 1. The highest BCUT2D eigenvalue weighted by molar-refractivity contribution is 7.26. The Morgan fingerprint density at radius 2 is 1.60 bits per heavy atom. The molecule has 0 spiro atoms. The van der Waals surface area contributed by atoms with Crippen molar-refractivity contribution >= 4 is 37.6 Å². The molecule has 3 aromatic heterocycles. The molecule has 5 heteroatoms. The number of aryl methyl sites for hydroxylation is 2. The normalized spacial score (nSPS) is 13.8. The lowest BCUT2D eigenvalue weighted by Crippen LogP contribution is -2.26. The molecule has 0 saturated heterocycles. The van der Waals surface area contributed by atoms with Gasteiger partial charge in [0.1, 0.15) is 17.0 Å². The Morgan fingerprint density at radius 3 is 2.30 bits per heavy atom. The van der Waals surface area contributed by atoms with E-state index in [-0.39, 0.29) is 0 Å². The topological polar surface area (TPSA) is 41.9 Å². The molecule has 0 radical (unpaired) electrons. The van der Waals surface area contributed by atoms with E-state index < -0.39 is 0 Å². The van der Waals surface area contributed by atoms with Crippen LogP contribution in [0.1, 0.15) is 89.0 Å². The number of rotatable bonds is 10. The summed E-state index contributed by atoms with van der Waals surface area (Å²) in [5, 5.41) is 1.33. The predicted octanol–water partition coefficient (Wildman–Crippen LogP) is 6.87. The minimum atomic E-state index is 1.07. The Kier molecular flexibility index (Phi) is 7.19. The molecule has 3 aromatic rings. The molecule has 0 atom stereocenters. The third kappa shape index (κ3) is 4.18. The van der Waals surface area contributed by atoms with Crippen LogP contribution in [0.2, 0.25) is 0 Å². The maximum Gasteiger partial charge on any atom is 0.150 e. The summed E-state index contributed by atoms with van der Waals surface area (Å²) >= 11 is 1.83. The first-order chi connectivity index (χ1) is 14.8. The summed E-state index contributed by atoms with van der Waals surface area (Å²) in [6, 6.07) is 0. The average molecular weight is 425 g/mol. The van der Waals surface area contributed by atoms with E-state index in [1.165, 1.54) is 90.4 Å². The molecule has 0 aromatic carbocycles. The van der Waals surface area contributed by atoms with Crippen LogP contribution in [0.5, 0.6) is 0 Å². The standard InChI is InChI=1S/C25H36N4S/c1-4-7-14-20-18-12-10-11-13-19(18)21-22-23(30-25(21)28-20)24(27-17-26-22)29(15-8-5-2)16-9-6-3/h17H,4-16H2,1-3H3. The fraction of sp³-hybridized carbons (Fsp3) is 0.640. The minimum absolute atomic E-state index is 1.07. The monoisotopic (exact) mass is 424 g/mol. The van der Waals surface area contributed by atoms with Crippen molar-refractivity contribution in [2.75, 3.05) is 18.0 Å². The molecule has 3 heterocycles. The van der Waals surface area contributed by atoms with E-state index in [4.69, 9.17) is 15.0 Å². The summed E-state index contributed by atoms with van der Waals surface area (Å²) in [6.07, 6.45) is 15.1. The molecule has 1 aliphatic carbocycles. The zero-order chi connectivity index (χ0) is 20.9. The van der Waals surface area contributed by atoms with Gasteiger partial charge in [0.2, 0.25) is 0 Å². The van der Waals surface area contributed by atoms with Gasteiger partial charge in [0.25, 0.3) is 0 Å². The largest absolute Gasteiger partial charge is 0.355 e. The Morgan fingerprint density at radius 1 is 0.900 bits per heavy atom. The summed E-state index contributed by atoms with van der Waals surface area (Å²) < 4.78 is 1.24. The summed E-state index contributed by atoms with van der Waals surface area (Å²) in [6.45, 7) is 8.95. The number of aromatic nitrogens is 3. The van der Waals surface area contributed by atoms with Gasteiger partial charge in [0.15, 0.2) is 0 Å². The zero-order valence-corrected chi connectivity index (χ0v) is 19.8. The Bertz CT molecular complexity index is 986. The van der Waals surface area contributed by atoms with Crippen LogP contribution in [0.15, 0.2) is 6.33 Å². The van der Waals surface area contributed by atoms with Crippen LogP contribution in [0.3, 0.4) is 0 Å². The zero-order valence-electron chi connectivity index (χ0n) is 19.0. The van der Waals surface area contributed by atoms with Crippen molar-refractivity contribution in [3.8, 4) is 0 Å². The second kappa shape index (κ2) is 10.0. The SMILES string of the molecule is CCCCc1nc2sc3c(N(CCCC)CCCC)ncnc3c2c2c1CCCC2. The molecule has 0 fully saturated rings. The van der Waals surface area contributed by atoms with Crippen LogP contribution in [0.4, 0.5) is 5.82 Å². The average Bonchev–Trinajstić information content (AvgIpc) is 3.16. The molecular weight excluding hydrogens is 388 g/mol. The van der Waals surface area contributed by atoms with Crippen LogP contribution < -0.4 is 4.90 Å². The molecule has 0 N–H and O–H groups in total. The van der Waals surface area contributed by atoms with Crippen molar-refractivity contribution in [3.63, 3.8) is 0 Å². The first-order valence-electron chi connectivity index (χ1n) is 12.1. The van der Waals surface area contributed by atoms with E-state index in [2.05, 4.69) is 25.7 Å². The number of nitrogens with zero attached hydrogens (tertiary/aromatic N) is 4. The van der Waals surface area contributed by atoms with Gasteiger partial charge in [-0.3, -0.25) is 0 Å². The van der Waals surface area contributed by atoms with Crippen molar-refractivity contribution in [3.05, 3.63) is 23.1 Å². The number of anilines is 1. The Labute approximate surface area is 185 Å². The molecule has 0 saturated carbocycles. The van der Waals surface area contributed by atoms with Crippen molar-refractivity contribution in [1.82, 2.24) is 15.0 Å². The fourth-order valence-electron chi connectivity index (χ4n) is 4.72. The maximum atomic E-state index is 5.22. The van der Waals surface area contributed by atoms with Gasteiger partial charge in [-0.25, -0.2) is 15.0 Å². The summed E-state index contributed by atoms with van der Waals surface area (Å²) in [5.41, 5.74) is 5.58. The Hall–Kier alpha value is -1.75. The van der Waals surface area contributed by atoms with Gasteiger partial charge in [-0.05, 0) is 62.5 Å². The van der Waals surface area contributed by atoms with Crippen molar-refractivity contribution in [1.29, 1.82) is 0 Å². The number of hydrogen-bond donors (Lipinski definition) is 0. The first-order valence-corrected chi connectivity index (χ1v) is 12.9. The molecule has 4 rings (SSSR count). The van der Waals surface area contributed by atoms with Crippen LogP contribution >= 0.6 is 11.3 Å². The lowest BCUT2D eigenvalue weighted by Gasteiger charge is -2.23. The molecule has 162 valence electrons. The number of pyridine rings is 1. The highest BCUT2D eigenvalue weighted by atomic mass is 32.1. The van der Waals surface area contributed by atoms with E-state index in [1.54, 1.807) is 11.9 Å². The van der Waals surface area contributed by atoms with Gasteiger partial charge < -0.3 is 4.90 Å². The van der Waals surface area contributed by atoms with Gasteiger partial charge >= 0.3 is 0 Å². The third-order valence-electron chi connectivity index (χ3n) is 6.42. The highest BCUT2D eigenvalue weighted by Crippen LogP contribution is 2.41. The van der Waals surface area contributed by atoms with Crippen molar-refractivity contribution in [2.45, 2.75) is 91.4 Å². The number of fused-ring (bicyclic) bond motifs is 5. The predicted molar refractivity (Wildman–Crippen MR) is 130 cm³/mol. The minimum Gasteiger partial charge on any atom is -0.355 e. The highest BCUT2D eigenvalue weighted by Gasteiger charge is 2.24. The van der Waals surface area contributed by atoms with Gasteiger partial charge in [-0.2, -0.15) is 0 Å². The lowest BCUT2D eigenvalue weighted by molar-refractivity contribution is 0.670. The van der Waals surface area contributed by atoms with Gasteiger partial charge in [0.05, 0.1) is 10.2 Å². The lowest BCUT2D eigenvalue weighted by atomic mass is 9.87. The summed E-state index contributed by atoms with van der Waals surface area (Å²) in [4.78, 5) is 18.5. The molecule has 4 nitrogen and oxygen atoms in total. The smallest absolute Gasteiger partial charge is 0.150 e. The first kappa shape index (κ1) is 21.5. The molecule has 1 aliphatic rings. The van der Waals surface area contributed by atoms with Gasteiger partial charge in [-0.15, -0.1) is 11.3 Å². The number of hydrogen-bond acceptors (Lipinski definition) is 5. The molecule has 30 heavy (non-hydrogen) atoms. The van der Waals surface area contributed by atoms with E-state index in [0.717, 1.165) is 30.8 Å². The van der Waals surface area contributed by atoms with Crippen LogP contribution in [0.25, 0.3) is 20.4 Å². The van der Waals surface area contributed by atoms with E-state index in [1.807, 2.05) is 11.3 Å². The fourth-order valence-corrected chi connectivity index (χ4v) is 5.92. The summed E-state index contributed by atoms with van der Waals surface area (Å²) in [7, 11) is 0. The maximum absolute atomic E-state index is 5.22. The van der Waals surface area contributed by atoms with Gasteiger partial charge in [0, 0.05) is 24.2 Å². The number of unbranched alkanes of at least 4 members (excludes halogenated alkanes) is 3. The third-order valence-corrected chi connectivity index (χ3v) is 7.49. The van der Waals surface area contributed by atoms with Crippen LogP contribution in [0, 0.1) is 0 Å².